The van der Waals surface area contributed by atoms with Crippen molar-refractivity contribution in [2.45, 2.75) is 31.7 Å². The molecule has 1 N–H and O–H groups in total. The number of nitrogens with one attached hydrogen (secondary N) is 1. The number of aryl methyl sites for hydroxylation is 1. The van der Waals surface area contributed by atoms with E-state index in [2.05, 4.69) is 49.4 Å². The molecular formula is C18H25N3O2. The van der Waals surface area contributed by atoms with E-state index in [1.807, 2.05) is 23.9 Å². The molecule has 23 heavy (non-hydrogen) atoms. The molecule has 3 rings (SSSR count). The number of nitrogens with zero attached hydrogens (tertiary/aromatic N) is 2. The second kappa shape index (κ2) is 5.57. The first kappa shape index (κ1) is 15.9. The summed E-state index contributed by atoms with van der Waals surface area (Å²) in [5.41, 5.74) is 2.10. The summed E-state index contributed by atoms with van der Waals surface area (Å²) in [7, 11) is 3.65. The Bertz CT molecular complexity index is 679. The zero-order chi connectivity index (χ0) is 16.7. The van der Waals surface area contributed by atoms with Crippen molar-refractivity contribution in [1.82, 2.24) is 9.78 Å². The lowest BCUT2D eigenvalue weighted by molar-refractivity contribution is -0.0450. The Labute approximate surface area is 137 Å². The van der Waals surface area contributed by atoms with E-state index in [0.29, 0.717) is 13.2 Å². The Kier molecular flexibility index (Phi) is 3.84. The fourth-order valence-electron chi connectivity index (χ4n) is 2.72. The molecule has 5 nitrogen and oxygen atoms in total. The minimum absolute atomic E-state index is 0.0288. The van der Waals surface area contributed by atoms with Gasteiger partial charge in [0.25, 0.3) is 0 Å². The van der Waals surface area contributed by atoms with Gasteiger partial charge in [0.2, 0.25) is 0 Å². The molecular weight excluding hydrogens is 290 g/mol. The summed E-state index contributed by atoms with van der Waals surface area (Å²) in [5.74, 6) is 1.87. The molecule has 5 heteroatoms. The van der Waals surface area contributed by atoms with Crippen molar-refractivity contribution in [2.75, 3.05) is 25.6 Å². The molecule has 1 fully saturated rings. The minimum atomic E-state index is -0.199. The Morgan fingerprint density at radius 2 is 1.87 bits per heavy atom. The van der Waals surface area contributed by atoms with Crippen LogP contribution in [-0.4, -0.2) is 30.1 Å². The Morgan fingerprint density at radius 3 is 2.30 bits per heavy atom. The molecule has 1 aliphatic rings. The van der Waals surface area contributed by atoms with Crippen molar-refractivity contribution in [2.24, 2.45) is 7.05 Å². The standard InChI is InChI=1S/C18H25N3O2/c1-17(2,3)15-10-16(21(4)20-15)19-18(11-23-12-18)13-6-8-14(22-5)9-7-13/h6-10,19H,11-12H2,1-5H3. The summed E-state index contributed by atoms with van der Waals surface area (Å²) in [5, 5.41) is 8.28. The van der Waals surface area contributed by atoms with Crippen LogP contribution in [0.2, 0.25) is 0 Å². The molecule has 0 bridgehead atoms. The molecule has 1 saturated heterocycles. The van der Waals surface area contributed by atoms with Crippen LogP contribution in [0.15, 0.2) is 30.3 Å². The Morgan fingerprint density at radius 1 is 1.22 bits per heavy atom. The maximum Gasteiger partial charge on any atom is 0.125 e. The highest BCUT2D eigenvalue weighted by Crippen LogP contribution is 2.35. The normalized spacial score (nSPS) is 16.7. The van der Waals surface area contributed by atoms with Crippen LogP contribution in [0.1, 0.15) is 32.0 Å². The van der Waals surface area contributed by atoms with Crippen LogP contribution in [0.5, 0.6) is 5.75 Å². The monoisotopic (exact) mass is 315 g/mol. The van der Waals surface area contributed by atoms with Gasteiger partial charge in [-0.2, -0.15) is 5.10 Å². The van der Waals surface area contributed by atoms with Gasteiger partial charge in [0.1, 0.15) is 17.1 Å². The van der Waals surface area contributed by atoms with Crippen LogP contribution in [-0.2, 0) is 22.7 Å². The summed E-state index contributed by atoms with van der Waals surface area (Å²) >= 11 is 0. The van der Waals surface area contributed by atoms with Gasteiger partial charge in [0, 0.05) is 18.5 Å². The molecule has 2 heterocycles. The summed E-state index contributed by atoms with van der Waals surface area (Å²) in [4.78, 5) is 0. The van der Waals surface area contributed by atoms with Crippen molar-refractivity contribution in [3.05, 3.63) is 41.6 Å². The molecule has 124 valence electrons. The molecule has 0 aliphatic carbocycles. The fraction of sp³-hybridized carbons (Fsp3) is 0.500. The topological polar surface area (TPSA) is 48.3 Å². The minimum Gasteiger partial charge on any atom is -0.497 e. The lowest BCUT2D eigenvalue weighted by Crippen LogP contribution is -2.53. The summed E-state index contributed by atoms with van der Waals surface area (Å²) in [6.07, 6.45) is 0. The molecule has 0 amide bonds. The highest BCUT2D eigenvalue weighted by molar-refractivity contribution is 5.47. The fourth-order valence-corrected chi connectivity index (χ4v) is 2.72. The summed E-state index contributed by atoms with van der Waals surface area (Å²) in [6.45, 7) is 7.81. The van der Waals surface area contributed by atoms with E-state index in [1.165, 1.54) is 5.56 Å². The Hall–Kier alpha value is -2.01. The van der Waals surface area contributed by atoms with E-state index in [4.69, 9.17) is 9.47 Å². The van der Waals surface area contributed by atoms with E-state index >= 15 is 0 Å². The van der Waals surface area contributed by atoms with Gasteiger partial charge in [-0.25, -0.2) is 0 Å². The first-order chi connectivity index (χ1) is 10.8. The highest BCUT2D eigenvalue weighted by atomic mass is 16.5. The molecule has 1 aliphatic heterocycles. The third kappa shape index (κ3) is 2.93. The number of ether oxygens (including phenoxy) is 2. The lowest BCUT2D eigenvalue weighted by Gasteiger charge is -2.43. The molecule has 0 saturated carbocycles. The van der Waals surface area contributed by atoms with Gasteiger partial charge < -0.3 is 14.8 Å². The van der Waals surface area contributed by atoms with Gasteiger partial charge in [-0.05, 0) is 17.7 Å². The Balaban J connectivity index is 1.88. The van der Waals surface area contributed by atoms with Crippen LogP contribution in [0.3, 0.4) is 0 Å². The third-order valence-corrected chi connectivity index (χ3v) is 4.36. The molecule has 2 aromatic rings. The van der Waals surface area contributed by atoms with Gasteiger partial charge >= 0.3 is 0 Å². The van der Waals surface area contributed by atoms with Crippen LogP contribution in [0, 0.1) is 0 Å². The van der Waals surface area contributed by atoms with E-state index in [1.54, 1.807) is 7.11 Å². The van der Waals surface area contributed by atoms with Crippen molar-refractivity contribution in [3.63, 3.8) is 0 Å². The van der Waals surface area contributed by atoms with Crippen molar-refractivity contribution >= 4 is 5.82 Å². The number of methoxy groups -OCH3 is 1. The third-order valence-electron chi connectivity index (χ3n) is 4.36. The van der Waals surface area contributed by atoms with E-state index in [9.17, 15) is 0 Å². The number of hydrogen-bond acceptors (Lipinski definition) is 4. The molecule has 0 atom stereocenters. The molecule has 0 radical (unpaired) electrons. The number of aromatic nitrogens is 2. The lowest BCUT2D eigenvalue weighted by atomic mass is 9.87. The van der Waals surface area contributed by atoms with Gasteiger partial charge in [-0.15, -0.1) is 0 Å². The van der Waals surface area contributed by atoms with Crippen LogP contribution >= 0.6 is 0 Å². The first-order valence-electron chi connectivity index (χ1n) is 7.89. The van der Waals surface area contributed by atoms with E-state index < -0.39 is 0 Å². The van der Waals surface area contributed by atoms with Gasteiger partial charge in [0.15, 0.2) is 0 Å². The largest absolute Gasteiger partial charge is 0.497 e. The smallest absolute Gasteiger partial charge is 0.125 e. The first-order valence-corrected chi connectivity index (χ1v) is 7.89. The average Bonchev–Trinajstić information content (AvgIpc) is 2.84. The second-order valence-electron chi connectivity index (χ2n) is 7.22. The number of benzene rings is 1. The van der Waals surface area contributed by atoms with Crippen molar-refractivity contribution in [3.8, 4) is 5.75 Å². The van der Waals surface area contributed by atoms with Crippen molar-refractivity contribution in [1.29, 1.82) is 0 Å². The summed E-state index contributed by atoms with van der Waals surface area (Å²) in [6, 6.07) is 10.3. The number of hydrogen-bond donors (Lipinski definition) is 1. The van der Waals surface area contributed by atoms with Crippen LogP contribution in [0.4, 0.5) is 5.82 Å². The van der Waals surface area contributed by atoms with Crippen LogP contribution in [0.25, 0.3) is 0 Å². The van der Waals surface area contributed by atoms with Gasteiger partial charge in [-0.3, -0.25) is 4.68 Å². The SMILES string of the molecule is COc1ccc(C2(Nc3cc(C(C)(C)C)nn3C)COC2)cc1. The molecule has 1 aromatic heterocycles. The van der Waals surface area contributed by atoms with Gasteiger partial charge in [-0.1, -0.05) is 32.9 Å². The predicted octanol–water partition coefficient (Wildman–Crippen LogP) is 3.06. The highest BCUT2D eigenvalue weighted by Gasteiger charge is 2.41. The average molecular weight is 315 g/mol. The van der Waals surface area contributed by atoms with Crippen LogP contribution < -0.4 is 10.1 Å². The zero-order valence-corrected chi connectivity index (χ0v) is 14.5. The second-order valence-corrected chi connectivity index (χ2v) is 7.22. The summed E-state index contributed by atoms with van der Waals surface area (Å²) < 4.78 is 12.7. The number of anilines is 1. The molecule has 0 spiro atoms. The maximum atomic E-state index is 5.51. The zero-order valence-electron chi connectivity index (χ0n) is 14.5. The van der Waals surface area contributed by atoms with Crippen molar-refractivity contribution < 1.29 is 9.47 Å². The van der Waals surface area contributed by atoms with Gasteiger partial charge in [0.05, 0.1) is 26.0 Å². The quantitative estimate of drug-likeness (QED) is 0.942. The molecule has 1 aromatic carbocycles. The molecule has 0 unspecified atom stereocenters. The predicted molar refractivity (Wildman–Crippen MR) is 91.0 cm³/mol. The number of rotatable bonds is 4. The van der Waals surface area contributed by atoms with E-state index in [-0.39, 0.29) is 11.0 Å². The maximum absolute atomic E-state index is 5.51. The van der Waals surface area contributed by atoms with E-state index in [0.717, 1.165) is 17.3 Å².